The lowest BCUT2D eigenvalue weighted by atomic mass is 10.0. The van der Waals surface area contributed by atoms with Crippen molar-refractivity contribution < 1.29 is 24.9 Å². The number of aromatic hydroxyl groups is 1. The maximum atomic E-state index is 10.8. The van der Waals surface area contributed by atoms with Crippen LogP contribution in [0.3, 0.4) is 0 Å². The predicted molar refractivity (Wildman–Crippen MR) is 59.5 cm³/mol. The number of hydrogen-bond donors (Lipinski definition) is 3. The van der Waals surface area contributed by atoms with Crippen molar-refractivity contribution in [3.63, 3.8) is 0 Å². The molecule has 3 N–H and O–H groups in total. The summed E-state index contributed by atoms with van der Waals surface area (Å²) in [7, 11) is 0. The van der Waals surface area contributed by atoms with Crippen molar-refractivity contribution in [3.8, 4) is 5.75 Å². The minimum atomic E-state index is -1.18. The third-order valence-corrected chi connectivity index (χ3v) is 2.42. The molecule has 2 aromatic rings. The summed E-state index contributed by atoms with van der Waals surface area (Å²) < 4.78 is 0. The molecule has 2 rings (SSSR count). The van der Waals surface area contributed by atoms with Gasteiger partial charge in [0.2, 0.25) is 0 Å². The summed E-state index contributed by atoms with van der Waals surface area (Å²) in [5.74, 6) is -2.47. The molecule has 0 aromatic heterocycles. The number of phenolic OH excluding ortho intramolecular Hbond substituents is 1. The Morgan fingerprint density at radius 2 is 1.47 bits per heavy atom. The number of aromatic carboxylic acids is 2. The molecule has 86 valence electrons. The van der Waals surface area contributed by atoms with Crippen molar-refractivity contribution >= 4 is 22.7 Å². The number of carbonyl (C=O) groups is 2. The van der Waals surface area contributed by atoms with Crippen LogP contribution in [0.25, 0.3) is 10.8 Å². The number of hydrogen-bond acceptors (Lipinski definition) is 3. The minimum Gasteiger partial charge on any atom is -0.507 e. The average molecular weight is 232 g/mol. The molecule has 0 saturated heterocycles. The van der Waals surface area contributed by atoms with Gasteiger partial charge >= 0.3 is 11.9 Å². The van der Waals surface area contributed by atoms with E-state index in [-0.39, 0.29) is 16.9 Å². The number of carboxylic acids is 2. The monoisotopic (exact) mass is 232 g/mol. The highest BCUT2D eigenvalue weighted by Crippen LogP contribution is 2.27. The average Bonchev–Trinajstić information content (AvgIpc) is 2.27. The van der Waals surface area contributed by atoms with E-state index in [2.05, 4.69) is 0 Å². The van der Waals surface area contributed by atoms with Crippen molar-refractivity contribution in [2.75, 3.05) is 0 Å². The first kappa shape index (κ1) is 10.9. The molecule has 17 heavy (non-hydrogen) atoms. The zero-order chi connectivity index (χ0) is 12.6. The van der Waals surface area contributed by atoms with Crippen molar-refractivity contribution in [1.29, 1.82) is 0 Å². The maximum Gasteiger partial charge on any atom is 0.335 e. The van der Waals surface area contributed by atoms with Crippen LogP contribution < -0.4 is 0 Å². The van der Waals surface area contributed by atoms with Crippen molar-refractivity contribution in [2.45, 2.75) is 0 Å². The third-order valence-electron chi connectivity index (χ3n) is 2.42. The van der Waals surface area contributed by atoms with Crippen LogP contribution >= 0.6 is 0 Å². The fourth-order valence-electron chi connectivity index (χ4n) is 1.61. The Bertz CT molecular complexity index is 625. The van der Waals surface area contributed by atoms with Crippen LogP contribution in [0.4, 0.5) is 0 Å². The van der Waals surface area contributed by atoms with Gasteiger partial charge < -0.3 is 15.3 Å². The molecule has 0 aliphatic carbocycles. The van der Waals surface area contributed by atoms with Gasteiger partial charge in [0.25, 0.3) is 0 Å². The lowest BCUT2D eigenvalue weighted by molar-refractivity contribution is 0.0686. The fourth-order valence-corrected chi connectivity index (χ4v) is 1.61. The number of benzene rings is 2. The van der Waals surface area contributed by atoms with E-state index in [0.717, 1.165) is 6.07 Å². The Balaban J connectivity index is 2.74. The molecule has 0 amide bonds. The maximum absolute atomic E-state index is 10.8. The molecule has 0 atom stereocenters. The van der Waals surface area contributed by atoms with Gasteiger partial charge in [0, 0.05) is 5.39 Å². The molecule has 2 aromatic carbocycles. The highest BCUT2D eigenvalue weighted by Gasteiger charge is 2.10. The molecule has 0 spiro atoms. The van der Waals surface area contributed by atoms with Crippen molar-refractivity contribution in [1.82, 2.24) is 0 Å². The van der Waals surface area contributed by atoms with E-state index in [9.17, 15) is 14.7 Å². The zero-order valence-corrected chi connectivity index (χ0v) is 8.54. The highest BCUT2D eigenvalue weighted by atomic mass is 16.4. The SMILES string of the molecule is O=C(O)c1ccc2c(O)cc(C(=O)O)cc2c1. The summed E-state index contributed by atoms with van der Waals surface area (Å²) in [5, 5.41) is 28.0. The summed E-state index contributed by atoms with van der Waals surface area (Å²) in [4.78, 5) is 21.6. The summed E-state index contributed by atoms with van der Waals surface area (Å²) in [5.41, 5.74) is -0.0445. The Morgan fingerprint density at radius 1 is 0.882 bits per heavy atom. The summed E-state index contributed by atoms with van der Waals surface area (Å²) >= 11 is 0. The van der Waals surface area contributed by atoms with Crippen LogP contribution in [0.2, 0.25) is 0 Å². The fraction of sp³-hybridized carbons (Fsp3) is 0. The van der Waals surface area contributed by atoms with Crippen LogP contribution in [0.1, 0.15) is 20.7 Å². The largest absolute Gasteiger partial charge is 0.507 e. The molecule has 0 radical (unpaired) electrons. The quantitative estimate of drug-likeness (QED) is 0.735. The molecule has 0 heterocycles. The zero-order valence-electron chi connectivity index (χ0n) is 8.54. The first-order chi connectivity index (χ1) is 7.99. The van der Waals surface area contributed by atoms with Gasteiger partial charge in [-0.25, -0.2) is 9.59 Å². The van der Waals surface area contributed by atoms with Crippen LogP contribution in [-0.4, -0.2) is 27.3 Å². The molecular formula is C12H8O5. The normalized spacial score (nSPS) is 10.4. The Labute approximate surface area is 95.5 Å². The van der Waals surface area contributed by atoms with Crippen LogP contribution in [-0.2, 0) is 0 Å². The van der Waals surface area contributed by atoms with Gasteiger partial charge in [-0.2, -0.15) is 0 Å². The molecule has 5 heteroatoms. The second-order valence-electron chi connectivity index (χ2n) is 3.54. The van der Waals surface area contributed by atoms with Gasteiger partial charge in [-0.3, -0.25) is 0 Å². The van der Waals surface area contributed by atoms with Crippen LogP contribution in [0, 0.1) is 0 Å². The van der Waals surface area contributed by atoms with Gasteiger partial charge in [-0.05, 0) is 35.7 Å². The molecule has 0 bridgehead atoms. The van der Waals surface area contributed by atoms with Gasteiger partial charge in [0.05, 0.1) is 11.1 Å². The van der Waals surface area contributed by atoms with Gasteiger partial charge in [0.1, 0.15) is 5.75 Å². The number of carboxylic acid groups (broad SMARTS) is 2. The predicted octanol–water partition coefficient (Wildman–Crippen LogP) is 1.94. The first-order valence-corrected chi connectivity index (χ1v) is 4.72. The number of fused-ring (bicyclic) bond motifs is 1. The van der Waals surface area contributed by atoms with Crippen molar-refractivity contribution in [2.24, 2.45) is 0 Å². The highest BCUT2D eigenvalue weighted by molar-refractivity contribution is 6.00. The van der Waals surface area contributed by atoms with E-state index in [1.807, 2.05) is 0 Å². The van der Waals surface area contributed by atoms with E-state index in [1.165, 1.54) is 24.3 Å². The van der Waals surface area contributed by atoms with Gasteiger partial charge in [-0.1, -0.05) is 0 Å². The lowest BCUT2D eigenvalue weighted by Gasteiger charge is -2.04. The third kappa shape index (κ3) is 1.90. The van der Waals surface area contributed by atoms with E-state index >= 15 is 0 Å². The lowest BCUT2D eigenvalue weighted by Crippen LogP contribution is -1.98. The second kappa shape index (κ2) is 3.79. The standard InChI is InChI=1S/C12H8O5/c13-10-5-8(12(16)17)4-7-3-6(11(14)15)1-2-9(7)10/h1-5,13H,(H,14,15)(H,16,17). The van der Waals surface area contributed by atoms with E-state index < -0.39 is 11.9 Å². The Morgan fingerprint density at radius 3 is 2.06 bits per heavy atom. The molecular weight excluding hydrogens is 224 g/mol. The second-order valence-corrected chi connectivity index (χ2v) is 3.54. The molecule has 0 aliphatic rings. The first-order valence-electron chi connectivity index (χ1n) is 4.72. The molecule has 0 aliphatic heterocycles. The molecule has 0 fully saturated rings. The van der Waals surface area contributed by atoms with E-state index in [4.69, 9.17) is 10.2 Å². The van der Waals surface area contributed by atoms with E-state index in [0.29, 0.717) is 10.8 Å². The van der Waals surface area contributed by atoms with E-state index in [1.54, 1.807) is 0 Å². The smallest absolute Gasteiger partial charge is 0.335 e. The molecule has 0 unspecified atom stereocenters. The minimum absolute atomic E-state index is 0.0411. The Hall–Kier alpha value is -2.56. The van der Waals surface area contributed by atoms with Crippen molar-refractivity contribution in [3.05, 3.63) is 41.5 Å². The summed E-state index contributed by atoms with van der Waals surface area (Å²) in [6.45, 7) is 0. The topological polar surface area (TPSA) is 94.8 Å². The number of rotatable bonds is 2. The van der Waals surface area contributed by atoms with Crippen LogP contribution in [0.5, 0.6) is 5.75 Å². The number of phenols is 1. The van der Waals surface area contributed by atoms with Gasteiger partial charge in [0.15, 0.2) is 0 Å². The van der Waals surface area contributed by atoms with Gasteiger partial charge in [-0.15, -0.1) is 0 Å². The summed E-state index contributed by atoms with van der Waals surface area (Å²) in [6, 6.07) is 6.57. The Kier molecular flexibility index (Phi) is 2.44. The molecule has 0 saturated carbocycles. The van der Waals surface area contributed by atoms with Crippen LogP contribution in [0.15, 0.2) is 30.3 Å². The molecule has 5 nitrogen and oxygen atoms in total. The summed E-state index contributed by atoms with van der Waals surface area (Å²) in [6.07, 6.45) is 0.